The fraction of sp³-hybridized carbons (Fsp3) is 0.421. The minimum Gasteiger partial charge on any atom is -0.497 e. The Kier molecular flexibility index (Phi) is 15.1. The fourth-order valence-electron chi connectivity index (χ4n) is 4.73. The normalized spacial score (nSPS) is 13.7. The van der Waals surface area contributed by atoms with Crippen LogP contribution in [0.1, 0.15) is 56.7 Å². The minimum atomic E-state index is -0.992. The van der Waals surface area contributed by atoms with E-state index in [1.54, 1.807) is 40.2 Å². The van der Waals surface area contributed by atoms with Crippen LogP contribution in [0, 0.1) is 5.41 Å². The van der Waals surface area contributed by atoms with Gasteiger partial charge in [0.2, 0.25) is 0 Å². The van der Waals surface area contributed by atoms with Crippen LogP contribution in [-0.2, 0) is 43.6 Å². The van der Waals surface area contributed by atoms with Gasteiger partial charge < -0.3 is 28.8 Å². The lowest BCUT2D eigenvalue weighted by molar-refractivity contribution is -0.132. The smallest absolute Gasteiger partial charge is 0.149 e. The van der Waals surface area contributed by atoms with Crippen molar-refractivity contribution in [2.45, 2.75) is 78.2 Å². The van der Waals surface area contributed by atoms with Crippen molar-refractivity contribution >= 4 is 11.6 Å². The Labute approximate surface area is 273 Å². The zero-order chi connectivity index (χ0) is 33.4. The van der Waals surface area contributed by atoms with Crippen LogP contribution in [0.4, 0.5) is 0 Å². The van der Waals surface area contributed by atoms with Gasteiger partial charge in [-0.05, 0) is 61.7 Å². The first-order chi connectivity index (χ1) is 22.1. The molecule has 0 unspecified atom stereocenters. The number of rotatable bonds is 21. The summed E-state index contributed by atoms with van der Waals surface area (Å²) in [7, 11) is 3.24. The number of methoxy groups -OCH3 is 2. The highest BCUT2D eigenvalue weighted by molar-refractivity contribution is 6.02. The molecule has 3 rings (SSSR count). The summed E-state index contributed by atoms with van der Waals surface area (Å²) in [5, 5.41) is 10.9. The Hall–Kier alpha value is -3.82. The second kappa shape index (κ2) is 19.0. The van der Waals surface area contributed by atoms with E-state index < -0.39 is 17.6 Å². The number of aliphatic hydroxyl groups excluding tert-OH is 1. The highest BCUT2D eigenvalue weighted by atomic mass is 16.5. The van der Waals surface area contributed by atoms with Crippen LogP contribution in [0.25, 0.3) is 0 Å². The van der Waals surface area contributed by atoms with Crippen molar-refractivity contribution in [3.05, 3.63) is 108 Å². The lowest BCUT2D eigenvalue weighted by Gasteiger charge is -2.27. The zero-order valence-corrected chi connectivity index (χ0v) is 27.6. The number of carbonyl (C=O) groups is 2. The van der Waals surface area contributed by atoms with E-state index in [4.69, 9.17) is 23.7 Å². The van der Waals surface area contributed by atoms with Gasteiger partial charge in [-0.1, -0.05) is 66.7 Å². The molecule has 1 N–H and O–H groups in total. The maximum absolute atomic E-state index is 13.0. The molecule has 0 radical (unpaired) electrons. The molecule has 248 valence electrons. The Morgan fingerprint density at radius 2 is 1.33 bits per heavy atom. The van der Waals surface area contributed by atoms with E-state index in [0.29, 0.717) is 26.4 Å². The number of ketones is 2. The van der Waals surface area contributed by atoms with Crippen molar-refractivity contribution in [1.82, 2.24) is 0 Å². The van der Waals surface area contributed by atoms with Crippen LogP contribution in [0.15, 0.2) is 91.0 Å². The molecule has 0 bridgehead atoms. The van der Waals surface area contributed by atoms with Crippen molar-refractivity contribution in [3.8, 4) is 11.5 Å². The number of hydrogen-bond acceptors (Lipinski definition) is 8. The molecule has 0 aliphatic rings. The summed E-state index contributed by atoms with van der Waals surface area (Å²) in [5.41, 5.74) is 2.13. The largest absolute Gasteiger partial charge is 0.497 e. The molecular weight excluding hydrogens is 584 g/mol. The summed E-state index contributed by atoms with van der Waals surface area (Å²) in [5.74, 6) is 0.996. The third-order valence-corrected chi connectivity index (χ3v) is 7.72. The summed E-state index contributed by atoms with van der Waals surface area (Å²) in [6.45, 7) is 6.90. The molecule has 0 spiro atoms. The molecule has 3 atom stereocenters. The molecule has 3 aromatic carbocycles. The Balaban J connectivity index is 1.49. The van der Waals surface area contributed by atoms with Gasteiger partial charge >= 0.3 is 0 Å². The van der Waals surface area contributed by atoms with Crippen molar-refractivity contribution in [2.24, 2.45) is 5.41 Å². The number of allylic oxidation sites excluding steroid dienone is 1. The molecule has 0 saturated heterocycles. The van der Waals surface area contributed by atoms with Crippen LogP contribution in [0.2, 0.25) is 0 Å². The molecule has 46 heavy (non-hydrogen) atoms. The topological polar surface area (TPSA) is 101 Å². The van der Waals surface area contributed by atoms with E-state index in [2.05, 4.69) is 0 Å². The highest BCUT2D eigenvalue weighted by Crippen LogP contribution is 2.23. The van der Waals surface area contributed by atoms with Gasteiger partial charge in [-0.2, -0.15) is 0 Å². The molecule has 0 aliphatic carbocycles. The Bertz CT molecular complexity index is 1350. The van der Waals surface area contributed by atoms with Crippen LogP contribution in [0.5, 0.6) is 11.5 Å². The van der Waals surface area contributed by atoms with E-state index in [1.807, 2.05) is 85.8 Å². The number of benzene rings is 3. The second-order valence-corrected chi connectivity index (χ2v) is 11.9. The van der Waals surface area contributed by atoms with Gasteiger partial charge in [-0.25, -0.2) is 0 Å². The van der Waals surface area contributed by atoms with Gasteiger partial charge in [0.15, 0.2) is 0 Å². The monoisotopic (exact) mass is 632 g/mol. The summed E-state index contributed by atoms with van der Waals surface area (Å²) < 4.78 is 28.4. The van der Waals surface area contributed by atoms with Crippen molar-refractivity contribution in [2.75, 3.05) is 20.8 Å². The standard InChI is InChI=1S/C38H48O8/c1-28(45-26-29-10-7-6-8-11-29)36(46-27-31-14-18-35(43-5)19-15-31)23-32(39)22-33(40)24-37(41)38(2,3)20-9-21-44-25-30-12-16-34(42-4)17-13-30/h6-20,28,32,36,39H,21-27H2,1-5H3/b20-9+/t28-,32+,36-/m1/s1. The maximum Gasteiger partial charge on any atom is 0.149 e. The average Bonchev–Trinajstić information content (AvgIpc) is 3.06. The first-order valence-electron chi connectivity index (χ1n) is 15.6. The van der Waals surface area contributed by atoms with E-state index in [0.717, 1.165) is 28.2 Å². The van der Waals surface area contributed by atoms with Crippen LogP contribution in [-0.4, -0.2) is 55.8 Å². The van der Waals surface area contributed by atoms with Crippen molar-refractivity contribution in [1.29, 1.82) is 0 Å². The molecule has 0 aromatic heterocycles. The quantitative estimate of drug-likeness (QED) is 0.0791. The number of hydrogen-bond donors (Lipinski definition) is 1. The first kappa shape index (κ1) is 36.6. The van der Waals surface area contributed by atoms with Crippen molar-refractivity contribution < 1.29 is 38.4 Å². The highest BCUT2D eigenvalue weighted by Gasteiger charge is 2.29. The summed E-state index contributed by atoms with van der Waals surface area (Å²) in [4.78, 5) is 25.9. The van der Waals surface area contributed by atoms with E-state index in [9.17, 15) is 14.7 Å². The number of Topliss-reactive ketones (excluding diaryl/α,β-unsaturated/α-hetero) is 2. The molecule has 0 heterocycles. The number of aliphatic hydroxyl groups is 1. The van der Waals surface area contributed by atoms with E-state index >= 15 is 0 Å². The molecule has 3 aromatic rings. The predicted octanol–water partition coefficient (Wildman–Crippen LogP) is 6.66. The van der Waals surface area contributed by atoms with Gasteiger partial charge in [-0.15, -0.1) is 0 Å². The number of ether oxygens (including phenoxy) is 5. The van der Waals surface area contributed by atoms with E-state index in [1.165, 1.54) is 0 Å². The van der Waals surface area contributed by atoms with Gasteiger partial charge in [-0.3, -0.25) is 9.59 Å². The SMILES string of the molecule is COc1ccc(COC/C=C/C(C)(C)C(=O)CC(=O)C[C@H](O)C[C@@H](OCc2ccc(OC)cc2)[C@@H](C)OCc2ccccc2)cc1. The Morgan fingerprint density at radius 3 is 1.91 bits per heavy atom. The van der Waals surface area contributed by atoms with Crippen LogP contribution in [0.3, 0.4) is 0 Å². The summed E-state index contributed by atoms with van der Waals surface area (Å²) in [6.07, 6.45) is 1.49. The van der Waals surface area contributed by atoms with E-state index in [-0.39, 0.29) is 36.9 Å². The molecular formula is C38H48O8. The summed E-state index contributed by atoms with van der Waals surface area (Å²) >= 11 is 0. The molecule has 0 fully saturated rings. The summed E-state index contributed by atoms with van der Waals surface area (Å²) in [6, 6.07) is 25.0. The fourth-order valence-corrected chi connectivity index (χ4v) is 4.73. The average molecular weight is 633 g/mol. The van der Waals surface area contributed by atoms with Gasteiger partial charge in [0, 0.05) is 18.3 Å². The van der Waals surface area contributed by atoms with Crippen LogP contribution < -0.4 is 9.47 Å². The second-order valence-electron chi connectivity index (χ2n) is 11.9. The zero-order valence-electron chi connectivity index (χ0n) is 27.6. The van der Waals surface area contributed by atoms with Crippen molar-refractivity contribution in [3.63, 3.8) is 0 Å². The molecule has 0 aliphatic heterocycles. The van der Waals surface area contributed by atoms with Gasteiger partial charge in [0.05, 0.1) is 65.4 Å². The lowest BCUT2D eigenvalue weighted by Crippen LogP contribution is -2.34. The third kappa shape index (κ3) is 12.9. The Morgan fingerprint density at radius 1 is 0.783 bits per heavy atom. The third-order valence-electron chi connectivity index (χ3n) is 7.72. The number of carbonyl (C=O) groups excluding carboxylic acids is 2. The minimum absolute atomic E-state index is 0.149. The molecule has 0 amide bonds. The van der Waals surface area contributed by atoms with Gasteiger partial charge in [0.1, 0.15) is 23.1 Å². The molecule has 0 saturated carbocycles. The predicted molar refractivity (Wildman–Crippen MR) is 178 cm³/mol. The van der Waals surface area contributed by atoms with Crippen LogP contribution >= 0.6 is 0 Å². The lowest BCUT2D eigenvalue weighted by atomic mass is 9.84. The first-order valence-corrected chi connectivity index (χ1v) is 15.6. The van der Waals surface area contributed by atoms with Gasteiger partial charge in [0.25, 0.3) is 0 Å². The molecule has 8 nitrogen and oxygen atoms in total. The molecule has 8 heteroatoms. The maximum atomic E-state index is 13.0.